The van der Waals surface area contributed by atoms with Gasteiger partial charge in [-0.15, -0.1) is 0 Å². The number of ether oxygens (including phenoxy) is 1. The maximum atomic E-state index is 11.7. The summed E-state index contributed by atoms with van der Waals surface area (Å²) in [5, 5.41) is 4.37. The quantitative estimate of drug-likeness (QED) is 0.583. The maximum absolute atomic E-state index is 11.7. The zero-order valence-corrected chi connectivity index (χ0v) is 16.4. The number of amides is 1. The van der Waals surface area contributed by atoms with Gasteiger partial charge in [0.1, 0.15) is 5.75 Å². The second-order valence-corrected chi connectivity index (χ2v) is 7.05. The average Bonchev–Trinajstić information content (AvgIpc) is 2.67. The number of anilines is 1. The van der Waals surface area contributed by atoms with Gasteiger partial charge < -0.3 is 21.5 Å². The van der Waals surface area contributed by atoms with Gasteiger partial charge in [-0.1, -0.05) is 24.3 Å². The van der Waals surface area contributed by atoms with Crippen LogP contribution in [0, 0.1) is 6.92 Å². The zero-order chi connectivity index (χ0) is 20.3. The van der Waals surface area contributed by atoms with E-state index >= 15 is 0 Å². The van der Waals surface area contributed by atoms with Gasteiger partial charge >= 0.3 is 0 Å². The van der Waals surface area contributed by atoms with Gasteiger partial charge in [0, 0.05) is 23.8 Å². The number of rotatable bonds is 7. The van der Waals surface area contributed by atoms with Crippen LogP contribution in [-0.2, 0) is 0 Å². The smallest absolute Gasteiger partial charge is 0.250 e. The number of primary amides is 1. The van der Waals surface area contributed by atoms with Crippen molar-refractivity contribution in [2.75, 3.05) is 11.9 Å². The highest BCUT2D eigenvalue weighted by Crippen LogP contribution is 2.31. The molecule has 1 atom stereocenters. The van der Waals surface area contributed by atoms with Gasteiger partial charge in [0.15, 0.2) is 0 Å². The molecule has 0 spiro atoms. The first-order valence-corrected chi connectivity index (χ1v) is 9.32. The number of aryl methyl sites for hydroxylation is 1. The number of aromatic nitrogens is 1. The summed E-state index contributed by atoms with van der Waals surface area (Å²) in [5.41, 5.74) is 15.5. The molecule has 3 aromatic rings. The van der Waals surface area contributed by atoms with Crippen LogP contribution in [0.1, 0.15) is 41.4 Å². The number of fused-ring (bicyclic) bond motifs is 1. The molecule has 0 bridgehead atoms. The standard InChI is InChI=1S/C22H26N4O2/c1-13(2)28-16-9-7-15(8-10-16)19(11-23)26-20-14(3)12-25-21-17(20)5-4-6-18(21)22(24)27/h4-10,12-13,19H,11,23H2,1-3H3,(H2,24,27)(H,25,26)/t19-/m1/s1. The third-order valence-corrected chi connectivity index (χ3v) is 4.56. The van der Waals surface area contributed by atoms with E-state index in [1.165, 1.54) is 0 Å². The molecule has 0 unspecified atom stereocenters. The predicted molar refractivity (Wildman–Crippen MR) is 113 cm³/mol. The summed E-state index contributed by atoms with van der Waals surface area (Å²) in [6, 6.07) is 13.2. The van der Waals surface area contributed by atoms with Crippen molar-refractivity contribution in [1.82, 2.24) is 4.98 Å². The van der Waals surface area contributed by atoms with Crippen molar-refractivity contribution in [2.45, 2.75) is 32.9 Å². The summed E-state index contributed by atoms with van der Waals surface area (Å²) in [7, 11) is 0. The van der Waals surface area contributed by atoms with Crippen molar-refractivity contribution in [3.8, 4) is 5.75 Å². The maximum Gasteiger partial charge on any atom is 0.250 e. The van der Waals surface area contributed by atoms with Gasteiger partial charge in [0.05, 0.1) is 23.2 Å². The van der Waals surface area contributed by atoms with E-state index in [9.17, 15) is 4.79 Å². The molecule has 0 aliphatic heterocycles. The number of carbonyl (C=O) groups excluding carboxylic acids is 1. The fourth-order valence-electron chi connectivity index (χ4n) is 3.22. The zero-order valence-electron chi connectivity index (χ0n) is 16.4. The number of pyridine rings is 1. The van der Waals surface area contributed by atoms with Crippen LogP contribution in [0.3, 0.4) is 0 Å². The molecule has 1 aromatic heterocycles. The number of carbonyl (C=O) groups is 1. The van der Waals surface area contributed by atoms with Gasteiger partial charge in [-0.05, 0) is 50.1 Å². The molecule has 6 nitrogen and oxygen atoms in total. The van der Waals surface area contributed by atoms with E-state index in [2.05, 4.69) is 10.3 Å². The van der Waals surface area contributed by atoms with Gasteiger partial charge in [-0.25, -0.2) is 0 Å². The number of nitrogens with zero attached hydrogens (tertiary/aromatic N) is 1. The lowest BCUT2D eigenvalue weighted by molar-refractivity contribution is 0.100. The highest BCUT2D eigenvalue weighted by molar-refractivity contribution is 6.07. The monoisotopic (exact) mass is 378 g/mol. The lowest BCUT2D eigenvalue weighted by Crippen LogP contribution is -2.21. The molecule has 6 heteroatoms. The van der Waals surface area contributed by atoms with Crippen molar-refractivity contribution in [3.05, 3.63) is 65.4 Å². The molecule has 0 saturated carbocycles. The van der Waals surface area contributed by atoms with Crippen LogP contribution in [0.25, 0.3) is 10.9 Å². The molecule has 0 saturated heterocycles. The summed E-state index contributed by atoms with van der Waals surface area (Å²) in [6.45, 7) is 6.37. The van der Waals surface area contributed by atoms with Crippen molar-refractivity contribution in [2.24, 2.45) is 11.5 Å². The third-order valence-electron chi connectivity index (χ3n) is 4.56. The van der Waals surface area contributed by atoms with Crippen molar-refractivity contribution >= 4 is 22.5 Å². The van der Waals surface area contributed by atoms with Crippen molar-refractivity contribution < 1.29 is 9.53 Å². The number of hydrogen-bond donors (Lipinski definition) is 3. The fourth-order valence-corrected chi connectivity index (χ4v) is 3.22. The van der Waals surface area contributed by atoms with E-state index in [1.54, 1.807) is 12.3 Å². The minimum absolute atomic E-state index is 0.102. The number of hydrogen-bond acceptors (Lipinski definition) is 5. The summed E-state index contributed by atoms with van der Waals surface area (Å²) < 4.78 is 5.71. The Labute approximate surface area is 164 Å². The van der Waals surface area contributed by atoms with Gasteiger partial charge in [0.25, 0.3) is 5.91 Å². The van der Waals surface area contributed by atoms with E-state index in [-0.39, 0.29) is 12.1 Å². The first-order chi connectivity index (χ1) is 13.4. The normalized spacial score (nSPS) is 12.2. The molecule has 0 aliphatic carbocycles. The molecular formula is C22H26N4O2. The van der Waals surface area contributed by atoms with Crippen LogP contribution >= 0.6 is 0 Å². The largest absolute Gasteiger partial charge is 0.491 e. The van der Waals surface area contributed by atoms with Gasteiger partial charge in [-0.3, -0.25) is 9.78 Å². The molecule has 28 heavy (non-hydrogen) atoms. The van der Waals surface area contributed by atoms with Crippen molar-refractivity contribution in [3.63, 3.8) is 0 Å². The molecule has 0 fully saturated rings. The molecule has 5 N–H and O–H groups in total. The topological polar surface area (TPSA) is 103 Å². The Morgan fingerprint density at radius 3 is 2.50 bits per heavy atom. The number of nitrogens with one attached hydrogen (secondary N) is 1. The second-order valence-electron chi connectivity index (χ2n) is 7.05. The van der Waals surface area contributed by atoms with Crippen LogP contribution in [0.2, 0.25) is 0 Å². The molecule has 1 heterocycles. The number of nitrogens with two attached hydrogens (primary N) is 2. The molecule has 146 valence electrons. The minimum Gasteiger partial charge on any atom is -0.491 e. The Hall–Kier alpha value is -3.12. The van der Waals surface area contributed by atoms with Crippen LogP contribution in [-0.4, -0.2) is 23.5 Å². The summed E-state index contributed by atoms with van der Waals surface area (Å²) in [6.07, 6.45) is 1.86. The molecule has 1 amide bonds. The van der Waals surface area contributed by atoms with E-state index in [0.717, 1.165) is 28.0 Å². The lowest BCUT2D eigenvalue weighted by atomic mass is 10.0. The van der Waals surface area contributed by atoms with Crippen LogP contribution < -0.4 is 21.5 Å². The van der Waals surface area contributed by atoms with E-state index < -0.39 is 5.91 Å². The molecule has 0 aliphatic rings. The first kappa shape index (κ1) is 19.6. The van der Waals surface area contributed by atoms with E-state index in [0.29, 0.717) is 17.6 Å². The molecule has 3 rings (SSSR count). The van der Waals surface area contributed by atoms with Gasteiger partial charge in [0.2, 0.25) is 0 Å². The average molecular weight is 378 g/mol. The van der Waals surface area contributed by atoms with Gasteiger partial charge in [-0.2, -0.15) is 0 Å². The van der Waals surface area contributed by atoms with E-state index in [1.807, 2.05) is 57.2 Å². The molecule has 0 radical (unpaired) electrons. The Kier molecular flexibility index (Phi) is 5.80. The van der Waals surface area contributed by atoms with Crippen LogP contribution in [0.4, 0.5) is 5.69 Å². The Bertz CT molecular complexity index is 984. The van der Waals surface area contributed by atoms with Crippen LogP contribution in [0.15, 0.2) is 48.7 Å². The second kappa shape index (κ2) is 8.27. The Balaban J connectivity index is 1.97. The third kappa shape index (κ3) is 4.07. The predicted octanol–water partition coefficient (Wildman–Crippen LogP) is 3.54. The lowest BCUT2D eigenvalue weighted by Gasteiger charge is -2.22. The highest BCUT2D eigenvalue weighted by atomic mass is 16.5. The number of para-hydroxylation sites is 1. The SMILES string of the molecule is Cc1cnc2c(C(N)=O)cccc2c1N[C@H](CN)c1ccc(OC(C)C)cc1. The summed E-state index contributed by atoms with van der Waals surface area (Å²) >= 11 is 0. The molecule has 2 aromatic carbocycles. The number of benzene rings is 2. The Morgan fingerprint density at radius 2 is 1.89 bits per heavy atom. The first-order valence-electron chi connectivity index (χ1n) is 9.32. The van der Waals surface area contributed by atoms with E-state index in [4.69, 9.17) is 16.2 Å². The summed E-state index contributed by atoms with van der Waals surface area (Å²) in [5.74, 6) is 0.329. The summed E-state index contributed by atoms with van der Waals surface area (Å²) in [4.78, 5) is 16.2. The minimum atomic E-state index is -0.496. The van der Waals surface area contributed by atoms with Crippen molar-refractivity contribution in [1.29, 1.82) is 0 Å². The highest BCUT2D eigenvalue weighted by Gasteiger charge is 2.16. The van der Waals surface area contributed by atoms with Crippen LogP contribution in [0.5, 0.6) is 5.75 Å². The Morgan fingerprint density at radius 1 is 1.18 bits per heavy atom. The molecular weight excluding hydrogens is 352 g/mol. The fraction of sp³-hybridized carbons (Fsp3) is 0.273.